The fourth-order valence-electron chi connectivity index (χ4n) is 4.56. The lowest BCUT2D eigenvalue weighted by Crippen LogP contribution is -2.28. The lowest BCUT2D eigenvalue weighted by Gasteiger charge is -2.33. The zero-order chi connectivity index (χ0) is 17.6. The number of hydrogen-bond donors (Lipinski definition) is 0. The van der Waals surface area contributed by atoms with Crippen LogP contribution in [0.5, 0.6) is 0 Å². The van der Waals surface area contributed by atoms with Crippen LogP contribution in [-0.2, 0) is 5.41 Å². The van der Waals surface area contributed by atoms with Crippen LogP contribution in [0.3, 0.4) is 0 Å². The lowest BCUT2D eigenvalue weighted by molar-refractivity contribution is 0.766. The second-order valence-corrected chi connectivity index (χ2v) is 6.85. The van der Waals surface area contributed by atoms with E-state index in [1.54, 1.807) is 0 Å². The van der Waals surface area contributed by atoms with Gasteiger partial charge < -0.3 is 0 Å². The molecule has 0 N–H and O–H groups in total. The van der Waals surface area contributed by atoms with E-state index in [1.807, 2.05) is 6.20 Å². The molecule has 0 atom stereocenters. The van der Waals surface area contributed by atoms with Gasteiger partial charge in [0.25, 0.3) is 0 Å². The molecule has 1 aliphatic rings. The van der Waals surface area contributed by atoms with Gasteiger partial charge in [0, 0.05) is 17.5 Å². The summed E-state index contributed by atoms with van der Waals surface area (Å²) in [7, 11) is 0. The summed E-state index contributed by atoms with van der Waals surface area (Å²) in [4.78, 5) is 4.60. The van der Waals surface area contributed by atoms with E-state index in [2.05, 4.69) is 103 Å². The number of aromatic nitrogens is 1. The standard InChI is InChI=1S/C25H19N/c1-18-24-21-14-8-9-15-22(21)25(23(24)16-17-26-18,19-10-4-2-5-11-19)20-12-6-3-7-13-20/h2-17H,1H3. The van der Waals surface area contributed by atoms with Crippen LogP contribution in [0.25, 0.3) is 11.1 Å². The molecular formula is C25H19N. The first-order valence-corrected chi connectivity index (χ1v) is 9.00. The van der Waals surface area contributed by atoms with Gasteiger partial charge in [0.2, 0.25) is 0 Å². The van der Waals surface area contributed by atoms with Crippen LogP contribution in [0.4, 0.5) is 0 Å². The minimum Gasteiger partial charge on any atom is -0.261 e. The fraction of sp³-hybridized carbons (Fsp3) is 0.0800. The molecule has 1 nitrogen and oxygen atoms in total. The first-order chi connectivity index (χ1) is 12.8. The zero-order valence-corrected chi connectivity index (χ0v) is 14.7. The molecule has 1 aromatic heterocycles. The summed E-state index contributed by atoms with van der Waals surface area (Å²) in [5.41, 5.74) is 8.60. The van der Waals surface area contributed by atoms with Crippen LogP contribution in [0.2, 0.25) is 0 Å². The molecule has 5 rings (SSSR count). The number of nitrogens with zero attached hydrogens (tertiary/aromatic N) is 1. The summed E-state index contributed by atoms with van der Waals surface area (Å²) in [6, 6.07) is 32.7. The van der Waals surface area contributed by atoms with Gasteiger partial charge in [-0.3, -0.25) is 4.98 Å². The quantitative estimate of drug-likeness (QED) is 0.400. The van der Waals surface area contributed by atoms with Gasteiger partial charge in [-0.2, -0.15) is 0 Å². The van der Waals surface area contributed by atoms with Crippen molar-refractivity contribution in [2.45, 2.75) is 12.3 Å². The van der Waals surface area contributed by atoms with Crippen molar-refractivity contribution >= 4 is 0 Å². The van der Waals surface area contributed by atoms with E-state index in [0.29, 0.717) is 0 Å². The Morgan fingerprint density at radius 1 is 0.615 bits per heavy atom. The number of pyridine rings is 1. The van der Waals surface area contributed by atoms with Crippen LogP contribution in [0.1, 0.15) is 27.9 Å². The van der Waals surface area contributed by atoms with Crippen molar-refractivity contribution in [2.24, 2.45) is 0 Å². The maximum absolute atomic E-state index is 4.60. The molecule has 124 valence electrons. The molecule has 0 fully saturated rings. The maximum Gasteiger partial charge on any atom is 0.0714 e. The van der Waals surface area contributed by atoms with Gasteiger partial charge in [0.15, 0.2) is 0 Å². The molecule has 0 saturated carbocycles. The minimum absolute atomic E-state index is 0.303. The summed E-state index contributed by atoms with van der Waals surface area (Å²) >= 11 is 0. The predicted molar refractivity (Wildman–Crippen MR) is 106 cm³/mol. The Kier molecular flexibility index (Phi) is 3.29. The molecule has 0 amide bonds. The number of fused-ring (bicyclic) bond motifs is 3. The maximum atomic E-state index is 4.60. The highest BCUT2D eigenvalue weighted by Gasteiger charge is 2.46. The van der Waals surface area contributed by atoms with Crippen molar-refractivity contribution in [2.75, 3.05) is 0 Å². The van der Waals surface area contributed by atoms with Gasteiger partial charge in [-0.1, -0.05) is 84.9 Å². The molecule has 0 aliphatic heterocycles. The van der Waals surface area contributed by atoms with Gasteiger partial charge in [-0.15, -0.1) is 0 Å². The van der Waals surface area contributed by atoms with Crippen molar-refractivity contribution in [1.82, 2.24) is 4.98 Å². The van der Waals surface area contributed by atoms with Gasteiger partial charge in [0.1, 0.15) is 0 Å². The average molecular weight is 333 g/mol. The van der Waals surface area contributed by atoms with E-state index in [9.17, 15) is 0 Å². The van der Waals surface area contributed by atoms with Crippen molar-refractivity contribution in [1.29, 1.82) is 0 Å². The Hall–Kier alpha value is -3.19. The molecule has 0 saturated heterocycles. The molecule has 0 radical (unpaired) electrons. The SMILES string of the molecule is Cc1nccc2c1-c1ccccc1C2(c1ccccc1)c1ccccc1. The van der Waals surface area contributed by atoms with E-state index in [0.717, 1.165) is 5.69 Å². The molecule has 1 aliphatic carbocycles. The third-order valence-corrected chi connectivity index (χ3v) is 5.56. The number of benzene rings is 3. The largest absolute Gasteiger partial charge is 0.261 e. The molecule has 4 aromatic rings. The highest BCUT2D eigenvalue weighted by Crippen LogP contribution is 2.56. The Bertz CT molecular complexity index is 1040. The van der Waals surface area contributed by atoms with E-state index in [4.69, 9.17) is 0 Å². The van der Waals surface area contributed by atoms with Crippen LogP contribution in [-0.4, -0.2) is 4.98 Å². The van der Waals surface area contributed by atoms with Crippen LogP contribution in [0, 0.1) is 6.92 Å². The van der Waals surface area contributed by atoms with Crippen molar-refractivity contribution in [3.05, 3.63) is 125 Å². The molecular weight excluding hydrogens is 314 g/mol. The molecule has 1 heteroatoms. The fourth-order valence-corrected chi connectivity index (χ4v) is 4.56. The first kappa shape index (κ1) is 15.1. The summed E-state index contributed by atoms with van der Waals surface area (Å²) in [5, 5.41) is 0. The number of aryl methyl sites for hydroxylation is 1. The predicted octanol–water partition coefficient (Wildman–Crippen LogP) is 5.75. The highest BCUT2D eigenvalue weighted by molar-refractivity contribution is 5.87. The lowest BCUT2D eigenvalue weighted by atomic mass is 9.68. The van der Waals surface area contributed by atoms with E-state index in [1.165, 1.54) is 33.4 Å². The highest BCUT2D eigenvalue weighted by atomic mass is 14.7. The summed E-state index contributed by atoms with van der Waals surface area (Å²) < 4.78 is 0. The first-order valence-electron chi connectivity index (χ1n) is 9.00. The van der Waals surface area contributed by atoms with Crippen molar-refractivity contribution in [3.63, 3.8) is 0 Å². The normalized spacial score (nSPS) is 13.9. The Morgan fingerprint density at radius 2 is 1.19 bits per heavy atom. The Labute approximate surface area is 154 Å². The monoisotopic (exact) mass is 333 g/mol. The van der Waals surface area contributed by atoms with Crippen LogP contribution >= 0.6 is 0 Å². The molecule has 0 bridgehead atoms. The zero-order valence-electron chi connectivity index (χ0n) is 14.7. The molecule has 0 unspecified atom stereocenters. The number of rotatable bonds is 2. The summed E-state index contributed by atoms with van der Waals surface area (Å²) in [5.74, 6) is 0. The van der Waals surface area contributed by atoms with Gasteiger partial charge in [-0.05, 0) is 40.8 Å². The van der Waals surface area contributed by atoms with Gasteiger partial charge in [-0.25, -0.2) is 0 Å². The van der Waals surface area contributed by atoms with Gasteiger partial charge in [0.05, 0.1) is 5.41 Å². The minimum atomic E-state index is -0.303. The number of hydrogen-bond acceptors (Lipinski definition) is 1. The Balaban J connectivity index is 2.00. The van der Waals surface area contributed by atoms with Crippen molar-refractivity contribution in [3.8, 4) is 11.1 Å². The van der Waals surface area contributed by atoms with Gasteiger partial charge >= 0.3 is 0 Å². The second-order valence-electron chi connectivity index (χ2n) is 6.85. The topological polar surface area (TPSA) is 12.9 Å². The smallest absolute Gasteiger partial charge is 0.0714 e. The van der Waals surface area contributed by atoms with Crippen LogP contribution < -0.4 is 0 Å². The molecule has 1 heterocycles. The molecule has 0 spiro atoms. The summed E-state index contributed by atoms with van der Waals surface area (Å²) in [6.07, 6.45) is 1.95. The second kappa shape index (κ2) is 5.67. The summed E-state index contributed by atoms with van der Waals surface area (Å²) in [6.45, 7) is 2.11. The molecule has 3 aromatic carbocycles. The third kappa shape index (κ3) is 1.89. The van der Waals surface area contributed by atoms with E-state index < -0.39 is 0 Å². The Morgan fingerprint density at radius 3 is 1.85 bits per heavy atom. The van der Waals surface area contributed by atoms with Crippen molar-refractivity contribution < 1.29 is 0 Å². The average Bonchev–Trinajstić information content (AvgIpc) is 3.02. The molecule has 26 heavy (non-hydrogen) atoms. The van der Waals surface area contributed by atoms with E-state index in [-0.39, 0.29) is 5.41 Å². The van der Waals surface area contributed by atoms with Crippen LogP contribution in [0.15, 0.2) is 97.2 Å². The van der Waals surface area contributed by atoms with E-state index >= 15 is 0 Å². The third-order valence-electron chi connectivity index (χ3n) is 5.56.